The third-order valence-electron chi connectivity index (χ3n) is 4.58. The molecule has 1 aromatic heterocycles. The van der Waals surface area contributed by atoms with Gasteiger partial charge in [0.2, 0.25) is 0 Å². The first-order valence-electron chi connectivity index (χ1n) is 12.0. The van der Waals surface area contributed by atoms with Crippen LogP contribution >= 0.6 is 0 Å². The Balaban J connectivity index is 2.10. The summed E-state index contributed by atoms with van der Waals surface area (Å²) in [6, 6.07) is 12.5. The van der Waals surface area contributed by atoms with Crippen LogP contribution < -0.4 is 4.57 Å². The van der Waals surface area contributed by atoms with Gasteiger partial charge in [0.1, 0.15) is 24.6 Å². The van der Waals surface area contributed by atoms with Crippen LogP contribution in [0.4, 0.5) is 0 Å². The van der Waals surface area contributed by atoms with Crippen LogP contribution in [0.3, 0.4) is 0 Å². The second-order valence-corrected chi connectivity index (χ2v) is 6.23. The zero-order valence-corrected chi connectivity index (χ0v) is 13.8. The Morgan fingerprint density at radius 1 is 1.04 bits per heavy atom. The van der Waals surface area contributed by atoms with Crippen LogP contribution in [0.25, 0.3) is 17.1 Å². The van der Waals surface area contributed by atoms with Gasteiger partial charge >= 0.3 is 0 Å². The SMILES string of the molecule is [2H]C([2H])([2H])C([2H])(C)c1cccc(C([2H])(C)C([2H])([2H])[2H])c1-n1cc[n+]2c1-c1ccccc1C2. The van der Waals surface area contributed by atoms with Gasteiger partial charge in [-0.05, 0) is 17.9 Å². The number of imidazole rings is 1. The molecule has 2 heterocycles. The average molecular weight is 326 g/mol. The summed E-state index contributed by atoms with van der Waals surface area (Å²) >= 11 is 0. The molecule has 0 fully saturated rings. The summed E-state index contributed by atoms with van der Waals surface area (Å²) in [5.74, 6) is -3.29. The fourth-order valence-corrected chi connectivity index (χ4v) is 3.49. The van der Waals surface area contributed by atoms with Crippen molar-refractivity contribution in [3.8, 4) is 17.1 Å². The maximum atomic E-state index is 8.78. The van der Waals surface area contributed by atoms with E-state index in [0.29, 0.717) is 6.54 Å². The summed E-state index contributed by atoms with van der Waals surface area (Å²) in [6.07, 6.45) is 3.60. The highest BCUT2D eigenvalue weighted by atomic mass is 15.2. The van der Waals surface area contributed by atoms with E-state index >= 15 is 0 Å². The number of rotatable bonds is 3. The van der Waals surface area contributed by atoms with E-state index in [0.717, 1.165) is 17.0 Å². The van der Waals surface area contributed by atoms with Gasteiger partial charge in [0.05, 0.1) is 5.56 Å². The van der Waals surface area contributed by atoms with E-state index in [1.54, 1.807) is 22.9 Å². The van der Waals surface area contributed by atoms with Crippen LogP contribution in [0.1, 0.15) is 67.0 Å². The quantitative estimate of drug-likeness (QED) is 0.467. The number of fused-ring (bicyclic) bond motifs is 3. The van der Waals surface area contributed by atoms with Gasteiger partial charge in [0.25, 0.3) is 5.82 Å². The number of aromatic nitrogens is 2. The minimum atomic E-state index is -2.67. The molecule has 0 amide bonds. The third kappa shape index (κ3) is 2.21. The molecule has 0 saturated heterocycles. The molecule has 1 aliphatic rings. The van der Waals surface area contributed by atoms with E-state index in [1.807, 2.05) is 35.0 Å². The highest BCUT2D eigenvalue weighted by Crippen LogP contribution is 2.35. The molecular weight excluding hydrogens is 292 g/mol. The Labute approximate surface area is 155 Å². The normalized spacial score (nSPS) is 23.6. The highest BCUT2D eigenvalue weighted by Gasteiger charge is 2.32. The van der Waals surface area contributed by atoms with Crippen LogP contribution in [-0.4, -0.2) is 4.57 Å². The Morgan fingerprint density at radius 3 is 2.46 bits per heavy atom. The van der Waals surface area contributed by atoms with Crippen molar-refractivity contribution >= 4 is 0 Å². The number of benzene rings is 2. The minimum absolute atomic E-state index is 0.154. The lowest BCUT2D eigenvalue weighted by atomic mass is 9.92. The van der Waals surface area contributed by atoms with Crippen molar-refractivity contribution in [2.75, 3.05) is 0 Å². The third-order valence-corrected chi connectivity index (χ3v) is 4.58. The lowest BCUT2D eigenvalue weighted by Crippen LogP contribution is -2.30. The number of nitrogens with zero attached hydrogens (tertiary/aromatic N) is 2. The van der Waals surface area contributed by atoms with Crippen molar-refractivity contribution < 1.29 is 15.5 Å². The fraction of sp³-hybridized carbons (Fsp3) is 0.318. The van der Waals surface area contributed by atoms with Crippen molar-refractivity contribution in [2.24, 2.45) is 0 Å². The van der Waals surface area contributed by atoms with Gasteiger partial charge in [-0.15, -0.1) is 0 Å². The van der Waals surface area contributed by atoms with E-state index in [2.05, 4.69) is 0 Å². The summed E-state index contributed by atoms with van der Waals surface area (Å²) < 4.78 is 69.2. The Bertz CT molecular complexity index is 1140. The Kier molecular flexibility index (Phi) is 2.03. The first-order valence-corrected chi connectivity index (χ1v) is 8.01. The summed E-state index contributed by atoms with van der Waals surface area (Å²) in [7, 11) is 0. The van der Waals surface area contributed by atoms with Crippen molar-refractivity contribution in [2.45, 2.75) is 45.9 Å². The molecule has 0 radical (unpaired) electrons. The molecule has 24 heavy (non-hydrogen) atoms. The van der Waals surface area contributed by atoms with Gasteiger partial charge < -0.3 is 0 Å². The molecule has 1 aliphatic heterocycles. The Morgan fingerprint density at radius 2 is 1.75 bits per heavy atom. The van der Waals surface area contributed by atoms with E-state index < -0.39 is 25.5 Å². The maximum Gasteiger partial charge on any atom is 0.294 e. The van der Waals surface area contributed by atoms with E-state index in [-0.39, 0.29) is 16.8 Å². The molecule has 2 atom stereocenters. The first kappa shape index (κ1) is 8.66. The van der Waals surface area contributed by atoms with E-state index in [9.17, 15) is 0 Å². The van der Waals surface area contributed by atoms with Crippen molar-refractivity contribution in [3.05, 3.63) is 71.5 Å². The zero-order chi connectivity index (χ0) is 23.7. The molecule has 0 saturated carbocycles. The number of para-hydroxylation sites is 1. The molecule has 0 N–H and O–H groups in total. The summed E-state index contributed by atoms with van der Waals surface area (Å²) in [5.41, 5.74) is 2.60. The molecule has 0 spiro atoms. The summed E-state index contributed by atoms with van der Waals surface area (Å²) in [4.78, 5) is 0. The van der Waals surface area contributed by atoms with E-state index in [4.69, 9.17) is 11.0 Å². The van der Waals surface area contributed by atoms with Gasteiger partial charge in [0, 0.05) is 27.7 Å². The molecular formula is C22H25N2+. The number of hydrogen-bond donors (Lipinski definition) is 0. The lowest BCUT2D eigenvalue weighted by Gasteiger charge is -2.17. The second kappa shape index (κ2) is 5.62. The molecule has 2 heteroatoms. The fourth-order valence-electron chi connectivity index (χ4n) is 3.49. The molecule has 3 aromatic rings. The van der Waals surface area contributed by atoms with Gasteiger partial charge in [-0.1, -0.05) is 63.9 Å². The highest BCUT2D eigenvalue weighted by molar-refractivity contribution is 5.65. The standard InChI is InChI=1S/C22H25N2/c1-15(2)18-10-7-11-19(16(3)4)21(18)24-13-12-23-14-17-8-5-6-9-20(17)22(23)24/h5-13,15-16H,14H2,1-4H3/q+1/i1D3,3D3,15D,16D. The zero-order valence-electron chi connectivity index (χ0n) is 21.8. The van der Waals surface area contributed by atoms with Gasteiger partial charge in [-0.3, -0.25) is 0 Å². The van der Waals surface area contributed by atoms with Crippen LogP contribution in [0, 0.1) is 0 Å². The van der Waals surface area contributed by atoms with Gasteiger partial charge in [-0.25, -0.2) is 4.57 Å². The molecule has 4 rings (SSSR count). The largest absolute Gasteiger partial charge is 0.294 e. The van der Waals surface area contributed by atoms with Crippen LogP contribution in [0.2, 0.25) is 0 Å². The average Bonchev–Trinajstić information content (AvgIpc) is 3.24. The minimum Gasteiger partial charge on any atom is -0.225 e. The monoisotopic (exact) mass is 325 g/mol. The predicted octanol–water partition coefficient (Wildman–Crippen LogP) is 5.04. The Hall–Kier alpha value is -2.35. The molecule has 0 bridgehead atoms. The predicted molar refractivity (Wildman–Crippen MR) is 98.7 cm³/mol. The maximum absolute atomic E-state index is 8.78. The first-order chi connectivity index (χ1) is 14.7. The summed E-state index contributed by atoms with van der Waals surface area (Å²) in [5, 5.41) is 0. The van der Waals surface area contributed by atoms with Gasteiger partial charge in [0.15, 0.2) is 0 Å². The molecule has 2 aromatic carbocycles. The smallest absolute Gasteiger partial charge is 0.225 e. The van der Waals surface area contributed by atoms with Crippen LogP contribution in [0.15, 0.2) is 54.9 Å². The van der Waals surface area contributed by atoms with Crippen LogP contribution in [-0.2, 0) is 6.54 Å². The van der Waals surface area contributed by atoms with Gasteiger partial charge in [-0.2, -0.15) is 4.57 Å². The summed E-state index contributed by atoms with van der Waals surface area (Å²) in [6.45, 7) is -2.08. The lowest BCUT2D eigenvalue weighted by molar-refractivity contribution is -0.671. The van der Waals surface area contributed by atoms with Crippen molar-refractivity contribution in [1.29, 1.82) is 0 Å². The second-order valence-electron chi connectivity index (χ2n) is 6.23. The molecule has 122 valence electrons. The van der Waals surface area contributed by atoms with Crippen LogP contribution in [0.5, 0.6) is 0 Å². The topological polar surface area (TPSA) is 8.81 Å². The van der Waals surface area contributed by atoms with E-state index in [1.165, 1.54) is 19.9 Å². The molecule has 2 nitrogen and oxygen atoms in total. The van der Waals surface area contributed by atoms with Crippen molar-refractivity contribution in [3.63, 3.8) is 0 Å². The van der Waals surface area contributed by atoms with Crippen molar-refractivity contribution in [1.82, 2.24) is 4.57 Å². The molecule has 0 aliphatic carbocycles. The number of hydrogen-bond acceptors (Lipinski definition) is 0. The molecule has 2 unspecified atom stereocenters.